The van der Waals surface area contributed by atoms with E-state index in [2.05, 4.69) is 39.5 Å². The van der Waals surface area contributed by atoms with Crippen LogP contribution in [0.25, 0.3) is 0 Å². The molecule has 1 atom stereocenters. The first kappa shape index (κ1) is 22.6. The lowest BCUT2D eigenvalue weighted by Crippen LogP contribution is -2.55. The number of carbonyl (C=O) groups excluding carboxylic acids is 2. The van der Waals surface area contributed by atoms with Crippen LogP contribution in [0.2, 0.25) is 0 Å². The van der Waals surface area contributed by atoms with Crippen molar-refractivity contribution in [1.29, 1.82) is 0 Å². The third-order valence-electron chi connectivity index (χ3n) is 6.34. The maximum Gasteiger partial charge on any atom is 0.321 e. The first-order valence-electron chi connectivity index (χ1n) is 11.2. The van der Waals surface area contributed by atoms with Gasteiger partial charge in [0.1, 0.15) is 5.75 Å². The molecule has 0 radical (unpaired) electrons. The highest BCUT2D eigenvalue weighted by molar-refractivity contribution is 5.96. The number of methoxy groups -OCH3 is 1. The lowest BCUT2D eigenvalue weighted by molar-refractivity contribution is -0.125. The Labute approximate surface area is 180 Å². The lowest BCUT2D eigenvalue weighted by atomic mass is 9.96. The van der Waals surface area contributed by atoms with Crippen molar-refractivity contribution in [3.05, 3.63) is 29.3 Å². The van der Waals surface area contributed by atoms with Gasteiger partial charge in [-0.1, -0.05) is 37.0 Å². The van der Waals surface area contributed by atoms with Crippen LogP contribution in [0.15, 0.2) is 18.2 Å². The van der Waals surface area contributed by atoms with Crippen LogP contribution in [-0.4, -0.2) is 67.1 Å². The van der Waals surface area contributed by atoms with Gasteiger partial charge in [-0.05, 0) is 32.8 Å². The molecule has 7 heteroatoms. The Hall–Kier alpha value is -2.12. The van der Waals surface area contributed by atoms with Gasteiger partial charge in [0.15, 0.2) is 0 Å². The molecule has 3 rings (SSSR count). The second kappa shape index (κ2) is 10.8. The fourth-order valence-corrected chi connectivity index (χ4v) is 4.43. The van der Waals surface area contributed by atoms with Gasteiger partial charge < -0.3 is 10.1 Å². The molecule has 1 aliphatic heterocycles. The molecule has 1 aromatic rings. The van der Waals surface area contributed by atoms with Crippen molar-refractivity contribution in [3.8, 4) is 5.75 Å². The summed E-state index contributed by atoms with van der Waals surface area (Å²) in [6, 6.07) is 5.77. The summed E-state index contributed by atoms with van der Waals surface area (Å²) in [5.41, 5.74) is 2.41. The highest BCUT2D eigenvalue weighted by Crippen LogP contribution is 2.22. The molecule has 1 aromatic carbocycles. The van der Waals surface area contributed by atoms with Crippen molar-refractivity contribution in [2.45, 2.75) is 64.6 Å². The van der Waals surface area contributed by atoms with Crippen molar-refractivity contribution < 1.29 is 14.3 Å². The highest BCUT2D eigenvalue weighted by Gasteiger charge is 2.27. The standard InChI is InChI=1S/C23H36N4O3/c1-17-9-10-21(30-3)19(15-17)16-26-11-13-27(14-12-26)18(2)22(28)25-23(29)24-20-7-5-4-6-8-20/h9-10,15,18,20H,4-8,11-14,16H2,1-3H3,(H2,24,25,28,29)/t18-/m0/s1. The van der Waals surface area contributed by atoms with E-state index in [0.717, 1.165) is 64.2 Å². The zero-order valence-electron chi connectivity index (χ0n) is 18.6. The monoisotopic (exact) mass is 416 g/mol. The second-order valence-electron chi connectivity index (χ2n) is 8.60. The van der Waals surface area contributed by atoms with E-state index in [4.69, 9.17) is 4.74 Å². The number of nitrogens with zero attached hydrogens (tertiary/aromatic N) is 2. The number of rotatable bonds is 6. The van der Waals surface area contributed by atoms with Gasteiger partial charge in [-0.15, -0.1) is 0 Å². The van der Waals surface area contributed by atoms with Crippen molar-refractivity contribution in [2.24, 2.45) is 0 Å². The largest absolute Gasteiger partial charge is 0.496 e. The number of carbonyl (C=O) groups is 2. The number of hydrogen-bond donors (Lipinski definition) is 2. The Bertz CT molecular complexity index is 725. The summed E-state index contributed by atoms with van der Waals surface area (Å²) in [7, 11) is 1.71. The lowest BCUT2D eigenvalue weighted by Gasteiger charge is -2.37. The molecule has 0 aromatic heterocycles. The number of imide groups is 1. The molecule has 0 unspecified atom stereocenters. The molecular formula is C23H36N4O3. The Morgan fingerprint density at radius 1 is 1.13 bits per heavy atom. The minimum absolute atomic E-state index is 0.198. The van der Waals surface area contributed by atoms with Gasteiger partial charge in [0, 0.05) is 44.3 Å². The fourth-order valence-electron chi connectivity index (χ4n) is 4.43. The van der Waals surface area contributed by atoms with Crippen molar-refractivity contribution in [3.63, 3.8) is 0 Å². The number of benzene rings is 1. The molecule has 1 heterocycles. The topological polar surface area (TPSA) is 73.9 Å². The summed E-state index contributed by atoms with van der Waals surface area (Å²) in [5, 5.41) is 5.48. The third kappa shape index (κ3) is 6.19. The Morgan fingerprint density at radius 2 is 1.83 bits per heavy atom. The van der Waals surface area contributed by atoms with E-state index < -0.39 is 0 Å². The van der Waals surface area contributed by atoms with Crippen molar-refractivity contribution >= 4 is 11.9 Å². The van der Waals surface area contributed by atoms with Gasteiger partial charge in [0.25, 0.3) is 0 Å². The SMILES string of the molecule is COc1ccc(C)cc1CN1CCN([C@@H](C)C(=O)NC(=O)NC2CCCCC2)CC1. The molecular weight excluding hydrogens is 380 g/mol. The third-order valence-corrected chi connectivity index (χ3v) is 6.34. The molecule has 1 saturated carbocycles. The Kier molecular flexibility index (Phi) is 8.10. The summed E-state index contributed by atoms with van der Waals surface area (Å²) in [5.74, 6) is 0.692. The van der Waals surface area contributed by atoms with E-state index >= 15 is 0 Å². The number of urea groups is 1. The predicted octanol–water partition coefficient (Wildman–Crippen LogP) is 2.67. The van der Waals surface area contributed by atoms with E-state index in [1.54, 1.807) is 7.11 Å². The molecule has 2 N–H and O–H groups in total. The highest BCUT2D eigenvalue weighted by atomic mass is 16.5. The first-order valence-corrected chi connectivity index (χ1v) is 11.2. The molecule has 3 amide bonds. The van der Waals surface area contributed by atoms with E-state index in [0.29, 0.717) is 0 Å². The van der Waals surface area contributed by atoms with Crippen LogP contribution >= 0.6 is 0 Å². The van der Waals surface area contributed by atoms with Gasteiger partial charge >= 0.3 is 6.03 Å². The van der Waals surface area contributed by atoms with Crippen molar-refractivity contribution in [1.82, 2.24) is 20.4 Å². The van der Waals surface area contributed by atoms with Gasteiger partial charge in [0.2, 0.25) is 5.91 Å². The van der Waals surface area contributed by atoms with Gasteiger partial charge in [0.05, 0.1) is 13.2 Å². The van der Waals surface area contributed by atoms with Gasteiger partial charge in [-0.3, -0.25) is 19.9 Å². The number of ether oxygens (including phenoxy) is 1. The number of hydrogen-bond acceptors (Lipinski definition) is 5. The summed E-state index contributed by atoms with van der Waals surface area (Å²) in [4.78, 5) is 29.2. The van der Waals surface area contributed by atoms with E-state index in [9.17, 15) is 9.59 Å². The molecule has 166 valence electrons. The zero-order chi connectivity index (χ0) is 21.5. The average molecular weight is 417 g/mol. The fraction of sp³-hybridized carbons (Fsp3) is 0.652. The molecule has 7 nitrogen and oxygen atoms in total. The van der Waals surface area contributed by atoms with Crippen molar-refractivity contribution in [2.75, 3.05) is 33.3 Å². The van der Waals surface area contributed by atoms with Crippen LogP contribution in [-0.2, 0) is 11.3 Å². The maximum absolute atomic E-state index is 12.5. The van der Waals surface area contributed by atoms with E-state index in [-0.39, 0.29) is 24.0 Å². The average Bonchev–Trinajstić information content (AvgIpc) is 2.74. The Morgan fingerprint density at radius 3 is 2.50 bits per heavy atom. The molecule has 2 aliphatic rings. The molecule has 30 heavy (non-hydrogen) atoms. The van der Waals surface area contributed by atoms with Crippen LogP contribution in [0.1, 0.15) is 50.2 Å². The molecule has 0 spiro atoms. The van der Waals surface area contributed by atoms with Crippen LogP contribution in [0.3, 0.4) is 0 Å². The van der Waals surface area contributed by atoms with Crippen LogP contribution < -0.4 is 15.4 Å². The smallest absolute Gasteiger partial charge is 0.321 e. The normalized spacial score (nSPS) is 19.8. The minimum Gasteiger partial charge on any atom is -0.496 e. The number of aryl methyl sites for hydroxylation is 1. The summed E-state index contributed by atoms with van der Waals surface area (Å²) in [6.45, 7) is 8.16. The maximum atomic E-state index is 12.5. The molecule has 1 aliphatic carbocycles. The minimum atomic E-state index is -0.357. The van der Waals surface area contributed by atoms with E-state index in [1.807, 2.05) is 13.0 Å². The Balaban J connectivity index is 1.44. The van der Waals surface area contributed by atoms with Crippen LogP contribution in [0.4, 0.5) is 4.79 Å². The summed E-state index contributed by atoms with van der Waals surface area (Å²) >= 11 is 0. The van der Waals surface area contributed by atoms with Crippen LogP contribution in [0.5, 0.6) is 5.75 Å². The summed E-state index contributed by atoms with van der Waals surface area (Å²) < 4.78 is 5.50. The van der Waals surface area contributed by atoms with Gasteiger partial charge in [-0.25, -0.2) is 4.79 Å². The van der Waals surface area contributed by atoms with Gasteiger partial charge in [-0.2, -0.15) is 0 Å². The molecule has 0 bridgehead atoms. The predicted molar refractivity (Wildman–Crippen MR) is 118 cm³/mol. The molecule has 2 fully saturated rings. The number of amides is 3. The van der Waals surface area contributed by atoms with Crippen LogP contribution in [0, 0.1) is 6.92 Å². The number of piperazine rings is 1. The zero-order valence-corrected chi connectivity index (χ0v) is 18.6. The number of nitrogens with one attached hydrogen (secondary N) is 2. The summed E-state index contributed by atoms with van der Waals surface area (Å²) in [6.07, 6.45) is 5.54. The van der Waals surface area contributed by atoms with E-state index in [1.165, 1.54) is 17.5 Å². The first-order chi connectivity index (χ1) is 14.5. The quantitative estimate of drug-likeness (QED) is 0.746. The second-order valence-corrected chi connectivity index (χ2v) is 8.60. The molecule has 1 saturated heterocycles.